The fraction of sp³-hybridized carbons (Fsp3) is 0.0400. The number of fused-ring (bicyclic) bond motifs is 3. The van der Waals surface area contributed by atoms with Gasteiger partial charge in [-0.3, -0.25) is 0 Å². The second-order valence-corrected chi connectivity index (χ2v) is 6.74. The van der Waals surface area contributed by atoms with Crippen LogP contribution in [-0.2, 0) is 0 Å². The fourth-order valence-corrected chi connectivity index (χ4v) is 3.73. The van der Waals surface area contributed by atoms with Crippen molar-refractivity contribution in [3.05, 3.63) is 96.8 Å². The summed E-state index contributed by atoms with van der Waals surface area (Å²) in [4.78, 5) is 9.44. The number of hydrogen-bond donors (Lipinski definition) is 0. The van der Waals surface area contributed by atoms with Crippen molar-refractivity contribution in [2.24, 2.45) is 0 Å². The highest BCUT2D eigenvalue weighted by molar-refractivity contribution is 6.13. The Bertz CT molecular complexity index is 1270. The van der Waals surface area contributed by atoms with Crippen molar-refractivity contribution in [1.29, 1.82) is 0 Å². The van der Waals surface area contributed by atoms with Gasteiger partial charge in [0.2, 0.25) is 0 Å². The SMILES string of the molecule is Cc1nc(-c2ccccc2)cc(-c2cc3ccccc3c3ccccc23)n1. The first kappa shape index (κ1) is 15.7. The molecule has 0 bridgehead atoms. The van der Waals surface area contributed by atoms with Crippen LogP contribution in [0.25, 0.3) is 44.1 Å². The van der Waals surface area contributed by atoms with Crippen LogP contribution in [0, 0.1) is 6.92 Å². The summed E-state index contributed by atoms with van der Waals surface area (Å²) >= 11 is 0. The Morgan fingerprint density at radius 2 is 1.19 bits per heavy atom. The average molecular weight is 346 g/mol. The van der Waals surface area contributed by atoms with E-state index in [1.165, 1.54) is 21.5 Å². The van der Waals surface area contributed by atoms with Crippen LogP contribution in [0.5, 0.6) is 0 Å². The van der Waals surface area contributed by atoms with E-state index in [-0.39, 0.29) is 0 Å². The molecule has 0 aliphatic rings. The third kappa shape index (κ3) is 2.76. The molecule has 1 heterocycles. The maximum absolute atomic E-state index is 4.78. The molecular formula is C25H18N2. The van der Waals surface area contributed by atoms with E-state index in [0.717, 1.165) is 28.3 Å². The van der Waals surface area contributed by atoms with E-state index in [1.807, 2.05) is 25.1 Å². The smallest absolute Gasteiger partial charge is 0.126 e. The lowest BCUT2D eigenvalue weighted by Crippen LogP contribution is -1.95. The monoisotopic (exact) mass is 346 g/mol. The number of benzene rings is 4. The standard InChI is InChI=1S/C25H18N2/c1-17-26-24(18-9-3-2-4-10-18)16-25(27-17)23-15-19-11-5-6-12-20(19)21-13-7-8-14-22(21)23/h2-16H,1H3. The zero-order valence-corrected chi connectivity index (χ0v) is 15.1. The molecule has 0 fully saturated rings. The zero-order valence-electron chi connectivity index (χ0n) is 15.1. The summed E-state index contributed by atoms with van der Waals surface area (Å²) in [5, 5.41) is 4.96. The average Bonchev–Trinajstić information content (AvgIpc) is 2.73. The number of hydrogen-bond acceptors (Lipinski definition) is 2. The first-order valence-corrected chi connectivity index (χ1v) is 9.11. The largest absolute Gasteiger partial charge is 0.233 e. The van der Waals surface area contributed by atoms with E-state index >= 15 is 0 Å². The molecular weight excluding hydrogens is 328 g/mol. The molecule has 0 radical (unpaired) electrons. The van der Waals surface area contributed by atoms with Crippen molar-refractivity contribution in [3.8, 4) is 22.5 Å². The van der Waals surface area contributed by atoms with Crippen molar-refractivity contribution in [1.82, 2.24) is 9.97 Å². The molecule has 0 amide bonds. The van der Waals surface area contributed by atoms with Gasteiger partial charge in [-0.15, -0.1) is 0 Å². The van der Waals surface area contributed by atoms with Crippen LogP contribution in [0.1, 0.15) is 5.82 Å². The molecule has 4 aromatic carbocycles. The molecule has 0 saturated carbocycles. The van der Waals surface area contributed by atoms with Gasteiger partial charge in [0.05, 0.1) is 11.4 Å². The zero-order chi connectivity index (χ0) is 18.2. The maximum atomic E-state index is 4.78. The fourth-order valence-electron chi connectivity index (χ4n) is 3.73. The molecule has 1 aromatic heterocycles. The quantitative estimate of drug-likeness (QED) is 0.344. The normalized spacial score (nSPS) is 11.1. The van der Waals surface area contributed by atoms with E-state index in [1.54, 1.807) is 0 Å². The second-order valence-electron chi connectivity index (χ2n) is 6.74. The summed E-state index contributed by atoms with van der Waals surface area (Å²) in [6.45, 7) is 1.96. The Balaban J connectivity index is 1.82. The van der Waals surface area contributed by atoms with E-state index in [0.29, 0.717) is 0 Å². The molecule has 2 nitrogen and oxygen atoms in total. The number of aromatic nitrogens is 2. The van der Waals surface area contributed by atoms with Gasteiger partial charge in [-0.2, -0.15) is 0 Å². The van der Waals surface area contributed by atoms with Gasteiger partial charge in [0.15, 0.2) is 0 Å². The van der Waals surface area contributed by atoms with E-state index in [2.05, 4.69) is 77.8 Å². The van der Waals surface area contributed by atoms with Gasteiger partial charge in [0, 0.05) is 11.1 Å². The van der Waals surface area contributed by atoms with Crippen LogP contribution < -0.4 is 0 Å². The first-order valence-electron chi connectivity index (χ1n) is 9.11. The van der Waals surface area contributed by atoms with E-state index in [4.69, 9.17) is 4.98 Å². The number of nitrogens with zero attached hydrogens (tertiary/aromatic N) is 2. The van der Waals surface area contributed by atoms with Crippen LogP contribution in [0.3, 0.4) is 0 Å². The van der Waals surface area contributed by atoms with Crippen LogP contribution in [-0.4, -0.2) is 9.97 Å². The summed E-state index contributed by atoms with van der Waals surface area (Å²) in [7, 11) is 0. The lowest BCUT2D eigenvalue weighted by Gasteiger charge is -2.12. The lowest BCUT2D eigenvalue weighted by atomic mass is 9.95. The summed E-state index contributed by atoms with van der Waals surface area (Å²) in [6.07, 6.45) is 0. The van der Waals surface area contributed by atoms with Crippen LogP contribution in [0.15, 0.2) is 91.0 Å². The topological polar surface area (TPSA) is 25.8 Å². The van der Waals surface area contributed by atoms with Crippen LogP contribution in [0.2, 0.25) is 0 Å². The molecule has 0 atom stereocenters. The molecule has 128 valence electrons. The summed E-state index contributed by atoms with van der Waals surface area (Å²) in [5.74, 6) is 0.781. The molecule has 0 saturated heterocycles. The third-order valence-electron chi connectivity index (χ3n) is 4.95. The molecule has 0 N–H and O–H groups in total. The Labute approximate surface area is 158 Å². The van der Waals surface area contributed by atoms with E-state index < -0.39 is 0 Å². The maximum Gasteiger partial charge on any atom is 0.126 e. The second kappa shape index (κ2) is 6.33. The molecule has 0 unspecified atom stereocenters. The summed E-state index contributed by atoms with van der Waals surface area (Å²) in [5.41, 5.74) is 4.17. The van der Waals surface area contributed by atoms with E-state index in [9.17, 15) is 0 Å². The van der Waals surface area contributed by atoms with Crippen LogP contribution in [0.4, 0.5) is 0 Å². The number of rotatable bonds is 2. The van der Waals surface area contributed by atoms with Crippen molar-refractivity contribution < 1.29 is 0 Å². The van der Waals surface area contributed by atoms with Crippen LogP contribution >= 0.6 is 0 Å². The van der Waals surface area contributed by atoms with Gasteiger partial charge in [-0.1, -0.05) is 78.9 Å². The lowest BCUT2D eigenvalue weighted by molar-refractivity contribution is 1.06. The molecule has 2 heteroatoms. The van der Waals surface area contributed by atoms with Gasteiger partial charge in [0.1, 0.15) is 5.82 Å². The Morgan fingerprint density at radius 1 is 0.556 bits per heavy atom. The van der Waals surface area contributed by atoms with Gasteiger partial charge < -0.3 is 0 Å². The highest BCUT2D eigenvalue weighted by Crippen LogP contribution is 2.35. The highest BCUT2D eigenvalue weighted by Gasteiger charge is 2.12. The minimum absolute atomic E-state index is 0.781. The Kier molecular flexibility index (Phi) is 3.68. The molecule has 5 aromatic rings. The Morgan fingerprint density at radius 3 is 2.00 bits per heavy atom. The van der Waals surface area contributed by atoms with Gasteiger partial charge in [0.25, 0.3) is 0 Å². The highest BCUT2D eigenvalue weighted by atomic mass is 14.9. The van der Waals surface area contributed by atoms with Crippen molar-refractivity contribution in [3.63, 3.8) is 0 Å². The molecule has 27 heavy (non-hydrogen) atoms. The first-order chi connectivity index (χ1) is 13.3. The summed E-state index contributed by atoms with van der Waals surface area (Å²) < 4.78 is 0. The Hall–Kier alpha value is -3.52. The molecule has 0 aliphatic carbocycles. The minimum atomic E-state index is 0.781. The predicted octanol–water partition coefficient (Wildman–Crippen LogP) is 6.43. The number of aryl methyl sites for hydroxylation is 1. The molecule has 0 aliphatic heterocycles. The van der Waals surface area contributed by atoms with Crippen molar-refractivity contribution >= 4 is 21.5 Å². The van der Waals surface area contributed by atoms with Crippen molar-refractivity contribution in [2.45, 2.75) is 6.92 Å². The van der Waals surface area contributed by atoms with Crippen molar-refractivity contribution in [2.75, 3.05) is 0 Å². The van der Waals surface area contributed by atoms with Gasteiger partial charge in [-0.25, -0.2) is 9.97 Å². The summed E-state index contributed by atoms with van der Waals surface area (Å²) in [6, 6.07) is 31.7. The van der Waals surface area contributed by atoms with Gasteiger partial charge in [-0.05, 0) is 40.6 Å². The van der Waals surface area contributed by atoms with Gasteiger partial charge >= 0.3 is 0 Å². The predicted molar refractivity (Wildman–Crippen MR) is 113 cm³/mol. The molecule has 0 spiro atoms. The molecule has 5 rings (SSSR count). The third-order valence-corrected chi connectivity index (χ3v) is 4.95. The minimum Gasteiger partial charge on any atom is -0.233 e.